The quantitative estimate of drug-likeness (QED) is 0.677. The number of anilines is 1. The minimum Gasteiger partial charge on any atom is -0.359 e. The minimum absolute atomic E-state index is 0.0341. The Kier molecular flexibility index (Phi) is 7.80. The Morgan fingerprint density at radius 2 is 1.96 bits per heavy atom. The van der Waals surface area contributed by atoms with Crippen LogP contribution in [0.1, 0.15) is 24.3 Å². The smallest absolute Gasteiger partial charge is 0.273 e. The normalized spacial score (nSPS) is 15.5. The highest BCUT2D eigenvalue weighted by Gasteiger charge is 2.24. The standard InChI is InChI=1S/C17H30N6O2S/c1-13(2)19-17-20-14(12-26-17)16(25)23-9-7-22(8-10-23)11-15(24)18-5-6-21(3)4/h12-13H,5-11H2,1-4H3,(H,18,24)(H,19,20). The molecule has 2 rings (SSSR count). The molecule has 2 N–H and O–H groups in total. The molecule has 1 aromatic rings. The van der Waals surface area contributed by atoms with Gasteiger partial charge in [-0.15, -0.1) is 11.3 Å². The summed E-state index contributed by atoms with van der Waals surface area (Å²) in [4.78, 5) is 34.8. The van der Waals surface area contributed by atoms with Gasteiger partial charge in [0.25, 0.3) is 5.91 Å². The lowest BCUT2D eigenvalue weighted by molar-refractivity contribution is -0.122. The lowest BCUT2D eigenvalue weighted by Gasteiger charge is -2.34. The van der Waals surface area contributed by atoms with Crippen molar-refractivity contribution in [3.63, 3.8) is 0 Å². The Labute approximate surface area is 159 Å². The lowest BCUT2D eigenvalue weighted by Crippen LogP contribution is -2.51. The molecular formula is C17H30N6O2S. The number of amides is 2. The van der Waals surface area contributed by atoms with E-state index in [1.165, 1.54) is 11.3 Å². The Bertz CT molecular complexity index is 596. The molecule has 1 aliphatic rings. The number of nitrogens with one attached hydrogen (secondary N) is 2. The molecule has 9 heteroatoms. The largest absolute Gasteiger partial charge is 0.359 e. The van der Waals surface area contributed by atoms with Gasteiger partial charge in [0.1, 0.15) is 5.69 Å². The van der Waals surface area contributed by atoms with E-state index in [9.17, 15) is 9.59 Å². The Hall–Kier alpha value is -1.71. The molecule has 1 saturated heterocycles. The van der Waals surface area contributed by atoms with Gasteiger partial charge in [-0.2, -0.15) is 0 Å². The summed E-state index contributed by atoms with van der Waals surface area (Å²) in [6, 6.07) is 0.288. The van der Waals surface area contributed by atoms with E-state index in [1.54, 1.807) is 5.38 Å². The van der Waals surface area contributed by atoms with Crippen LogP contribution in [0.3, 0.4) is 0 Å². The third-order valence-corrected chi connectivity index (χ3v) is 4.82. The highest BCUT2D eigenvalue weighted by molar-refractivity contribution is 7.13. The fraction of sp³-hybridized carbons (Fsp3) is 0.706. The molecule has 0 saturated carbocycles. The van der Waals surface area contributed by atoms with Crippen molar-refractivity contribution in [3.8, 4) is 0 Å². The van der Waals surface area contributed by atoms with Gasteiger partial charge in [-0.05, 0) is 27.9 Å². The summed E-state index contributed by atoms with van der Waals surface area (Å²) in [6.45, 7) is 8.59. The summed E-state index contributed by atoms with van der Waals surface area (Å²) < 4.78 is 0. The molecule has 0 spiro atoms. The monoisotopic (exact) mass is 382 g/mol. The lowest BCUT2D eigenvalue weighted by atomic mass is 10.3. The van der Waals surface area contributed by atoms with E-state index >= 15 is 0 Å². The average Bonchev–Trinajstić information content (AvgIpc) is 3.02. The van der Waals surface area contributed by atoms with Crippen molar-refractivity contribution in [1.82, 2.24) is 25.0 Å². The van der Waals surface area contributed by atoms with Gasteiger partial charge in [0.15, 0.2) is 5.13 Å². The van der Waals surface area contributed by atoms with E-state index in [0.29, 0.717) is 45.0 Å². The summed E-state index contributed by atoms with van der Waals surface area (Å²) in [5.74, 6) is 0.00340. The summed E-state index contributed by atoms with van der Waals surface area (Å²) in [5, 5.41) is 8.71. The number of thiazole rings is 1. The van der Waals surface area contributed by atoms with Crippen LogP contribution in [0.15, 0.2) is 5.38 Å². The van der Waals surface area contributed by atoms with E-state index in [4.69, 9.17) is 0 Å². The first-order valence-corrected chi connectivity index (χ1v) is 9.88. The van der Waals surface area contributed by atoms with Crippen LogP contribution in [0.4, 0.5) is 5.13 Å². The van der Waals surface area contributed by atoms with E-state index < -0.39 is 0 Å². The first kappa shape index (κ1) is 20.6. The zero-order valence-electron chi connectivity index (χ0n) is 16.1. The summed E-state index contributed by atoms with van der Waals surface area (Å²) in [7, 11) is 3.96. The zero-order chi connectivity index (χ0) is 19.1. The molecule has 0 aliphatic carbocycles. The fourth-order valence-corrected chi connectivity index (χ4v) is 3.47. The van der Waals surface area contributed by atoms with Gasteiger partial charge in [0.05, 0.1) is 6.54 Å². The van der Waals surface area contributed by atoms with Crippen LogP contribution in [0.5, 0.6) is 0 Å². The second kappa shape index (κ2) is 9.84. The molecule has 1 fully saturated rings. The molecular weight excluding hydrogens is 352 g/mol. The Morgan fingerprint density at radius 1 is 1.27 bits per heavy atom. The van der Waals surface area contributed by atoms with E-state index in [0.717, 1.165) is 11.7 Å². The first-order valence-electron chi connectivity index (χ1n) is 9.00. The molecule has 0 bridgehead atoms. The van der Waals surface area contributed by atoms with Gasteiger partial charge in [-0.1, -0.05) is 0 Å². The van der Waals surface area contributed by atoms with Gasteiger partial charge in [-0.25, -0.2) is 4.98 Å². The number of carbonyl (C=O) groups is 2. The molecule has 1 aliphatic heterocycles. The van der Waals surface area contributed by atoms with Crippen LogP contribution in [0.25, 0.3) is 0 Å². The predicted octanol–water partition coefficient (Wildman–Crippen LogP) is 0.399. The van der Waals surface area contributed by atoms with E-state index in [-0.39, 0.29) is 17.9 Å². The van der Waals surface area contributed by atoms with Crippen molar-refractivity contribution in [2.75, 3.05) is 65.2 Å². The summed E-state index contributed by atoms with van der Waals surface area (Å²) >= 11 is 1.45. The molecule has 1 aromatic heterocycles. The summed E-state index contributed by atoms with van der Waals surface area (Å²) in [5.41, 5.74) is 0.494. The topological polar surface area (TPSA) is 80.8 Å². The van der Waals surface area contributed by atoms with Crippen LogP contribution in [-0.4, -0.2) is 97.4 Å². The molecule has 146 valence electrons. The molecule has 8 nitrogen and oxygen atoms in total. The van der Waals surface area contributed by atoms with Gasteiger partial charge < -0.3 is 20.4 Å². The maximum atomic E-state index is 12.6. The molecule has 0 radical (unpaired) electrons. The first-order chi connectivity index (χ1) is 12.3. The highest BCUT2D eigenvalue weighted by atomic mass is 32.1. The van der Waals surface area contributed by atoms with Crippen molar-refractivity contribution in [1.29, 1.82) is 0 Å². The van der Waals surface area contributed by atoms with Gasteiger partial charge in [-0.3, -0.25) is 14.5 Å². The van der Waals surface area contributed by atoms with Gasteiger partial charge >= 0.3 is 0 Å². The molecule has 26 heavy (non-hydrogen) atoms. The van der Waals surface area contributed by atoms with Crippen molar-refractivity contribution in [3.05, 3.63) is 11.1 Å². The number of carbonyl (C=O) groups excluding carboxylic acids is 2. The number of piperazine rings is 1. The van der Waals surface area contributed by atoms with Crippen molar-refractivity contribution >= 4 is 28.3 Å². The van der Waals surface area contributed by atoms with E-state index in [2.05, 4.69) is 20.5 Å². The third-order valence-electron chi connectivity index (χ3n) is 4.04. The fourth-order valence-electron chi connectivity index (χ4n) is 2.63. The van der Waals surface area contributed by atoms with Crippen LogP contribution in [-0.2, 0) is 4.79 Å². The molecule has 0 unspecified atom stereocenters. The number of aromatic nitrogens is 1. The predicted molar refractivity (Wildman–Crippen MR) is 105 cm³/mol. The number of hydrogen-bond donors (Lipinski definition) is 2. The van der Waals surface area contributed by atoms with Crippen LogP contribution in [0.2, 0.25) is 0 Å². The number of likely N-dealkylation sites (N-methyl/N-ethyl adjacent to an activating group) is 1. The minimum atomic E-state index is -0.0341. The van der Waals surface area contributed by atoms with Crippen molar-refractivity contribution in [2.45, 2.75) is 19.9 Å². The number of hydrogen-bond acceptors (Lipinski definition) is 7. The van der Waals surface area contributed by atoms with E-state index in [1.807, 2.05) is 37.7 Å². The number of rotatable bonds is 8. The molecule has 0 aromatic carbocycles. The van der Waals surface area contributed by atoms with Crippen LogP contribution < -0.4 is 10.6 Å². The highest BCUT2D eigenvalue weighted by Crippen LogP contribution is 2.18. The maximum absolute atomic E-state index is 12.6. The van der Waals surface area contributed by atoms with Crippen molar-refractivity contribution in [2.24, 2.45) is 0 Å². The Morgan fingerprint density at radius 3 is 2.58 bits per heavy atom. The number of nitrogens with zero attached hydrogens (tertiary/aromatic N) is 4. The maximum Gasteiger partial charge on any atom is 0.273 e. The Balaban J connectivity index is 1.74. The second-order valence-corrected chi connectivity index (χ2v) is 7.92. The average molecular weight is 383 g/mol. The third kappa shape index (κ3) is 6.54. The SMILES string of the molecule is CC(C)Nc1nc(C(=O)N2CCN(CC(=O)NCCN(C)C)CC2)cs1. The zero-order valence-corrected chi connectivity index (χ0v) is 16.9. The van der Waals surface area contributed by atoms with Crippen LogP contribution >= 0.6 is 11.3 Å². The molecule has 2 amide bonds. The summed E-state index contributed by atoms with van der Waals surface area (Å²) in [6.07, 6.45) is 0. The molecule has 2 heterocycles. The van der Waals surface area contributed by atoms with Crippen molar-refractivity contribution < 1.29 is 9.59 Å². The second-order valence-electron chi connectivity index (χ2n) is 7.06. The van der Waals surface area contributed by atoms with Gasteiger partial charge in [0.2, 0.25) is 5.91 Å². The van der Waals surface area contributed by atoms with Gasteiger partial charge in [0, 0.05) is 50.7 Å². The molecule has 0 atom stereocenters. The van der Waals surface area contributed by atoms with Crippen LogP contribution in [0, 0.1) is 0 Å².